The average molecular weight is 291 g/mol. The highest BCUT2D eigenvalue weighted by Crippen LogP contribution is 2.31. The van der Waals surface area contributed by atoms with Gasteiger partial charge in [-0.1, -0.05) is 17.7 Å². The molecule has 0 radical (unpaired) electrons. The predicted octanol–water partition coefficient (Wildman–Crippen LogP) is 2.86. The number of fused-ring (bicyclic) bond motifs is 1. The number of hydrogen-bond donors (Lipinski definition) is 1. The van der Waals surface area contributed by atoms with Gasteiger partial charge in [-0.3, -0.25) is 0 Å². The van der Waals surface area contributed by atoms with E-state index in [9.17, 15) is 8.42 Å². The molecule has 0 aliphatic heterocycles. The van der Waals surface area contributed by atoms with Gasteiger partial charge in [0.1, 0.15) is 10.7 Å². The summed E-state index contributed by atoms with van der Waals surface area (Å²) in [5.74, 6) is 0.548. The molecule has 1 aromatic heterocycles. The number of aromatic nitrogens is 1. The standard InChI is InChI=1S/C10H8Cl2N2O2S/c1-13-10-8-4-6(11)2-3-7(8)9(5-14-10)17(12,15)16/h2-5H,1H3,(H,13,14). The molecule has 2 rings (SSSR count). The Hall–Kier alpha value is -1.04. The van der Waals surface area contributed by atoms with Gasteiger partial charge in [0.2, 0.25) is 0 Å². The lowest BCUT2D eigenvalue weighted by molar-refractivity contribution is 0.610. The van der Waals surface area contributed by atoms with Gasteiger partial charge in [-0.2, -0.15) is 0 Å². The highest BCUT2D eigenvalue weighted by molar-refractivity contribution is 8.14. The summed E-state index contributed by atoms with van der Waals surface area (Å²) in [6.45, 7) is 0. The summed E-state index contributed by atoms with van der Waals surface area (Å²) in [4.78, 5) is 3.98. The van der Waals surface area contributed by atoms with Gasteiger partial charge in [0.25, 0.3) is 9.05 Å². The Balaban J connectivity index is 2.93. The van der Waals surface area contributed by atoms with Crippen LogP contribution in [0.2, 0.25) is 5.02 Å². The molecule has 7 heteroatoms. The number of halogens is 2. The van der Waals surface area contributed by atoms with Crippen LogP contribution in [0.5, 0.6) is 0 Å². The monoisotopic (exact) mass is 290 g/mol. The van der Waals surface area contributed by atoms with E-state index in [0.29, 0.717) is 21.6 Å². The third-order valence-electron chi connectivity index (χ3n) is 2.31. The molecule has 0 aliphatic rings. The Morgan fingerprint density at radius 1 is 1.29 bits per heavy atom. The van der Waals surface area contributed by atoms with Gasteiger partial charge < -0.3 is 5.32 Å². The van der Waals surface area contributed by atoms with Gasteiger partial charge in [-0.25, -0.2) is 13.4 Å². The van der Waals surface area contributed by atoms with Crippen molar-refractivity contribution in [2.75, 3.05) is 12.4 Å². The maximum atomic E-state index is 11.4. The smallest absolute Gasteiger partial charge is 0.263 e. The predicted molar refractivity (Wildman–Crippen MR) is 69.3 cm³/mol. The Morgan fingerprint density at radius 3 is 2.59 bits per heavy atom. The fraction of sp³-hybridized carbons (Fsp3) is 0.100. The maximum absolute atomic E-state index is 11.4. The van der Waals surface area contributed by atoms with Gasteiger partial charge in [-0.05, 0) is 12.1 Å². The summed E-state index contributed by atoms with van der Waals surface area (Å²) in [6.07, 6.45) is 1.23. The summed E-state index contributed by atoms with van der Waals surface area (Å²) in [6, 6.07) is 4.85. The minimum atomic E-state index is -3.83. The van der Waals surface area contributed by atoms with Crippen molar-refractivity contribution < 1.29 is 8.42 Å². The van der Waals surface area contributed by atoms with Gasteiger partial charge in [-0.15, -0.1) is 0 Å². The molecule has 90 valence electrons. The van der Waals surface area contributed by atoms with Crippen molar-refractivity contribution in [3.63, 3.8) is 0 Å². The van der Waals surface area contributed by atoms with Crippen LogP contribution in [0.1, 0.15) is 0 Å². The van der Waals surface area contributed by atoms with E-state index >= 15 is 0 Å². The molecule has 0 unspecified atom stereocenters. The average Bonchev–Trinajstić information content (AvgIpc) is 2.26. The Kier molecular flexibility index (Phi) is 3.16. The van der Waals surface area contributed by atoms with Crippen LogP contribution < -0.4 is 5.32 Å². The van der Waals surface area contributed by atoms with Crippen molar-refractivity contribution >= 4 is 47.9 Å². The molecule has 0 spiro atoms. The first kappa shape index (κ1) is 12.4. The van der Waals surface area contributed by atoms with E-state index in [1.807, 2.05) is 0 Å². The number of benzene rings is 1. The van der Waals surface area contributed by atoms with E-state index in [2.05, 4.69) is 10.3 Å². The van der Waals surface area contributed by atoms with Crippen LogP contribution in [0.4, 0.5) is 5.82 Å². The fourth-order valence-electron chi connectivity index (χ4n) is 1.58. The molecule has 1 N–H and O–H groups in total. The van der Waals surface area contributed by atoms with Crippen LogP contribution in [0, 0.1) is 0 Å². The SMILES string of the molecule is CNc1ncc(S(=O)(=O)Cl)c2ccc(Cl)cc12. The number of anilines is 1. The third-order valence-corrected chi connectivity index (χ3v) is 3.90. The number of hydrogen-bond acceptors (Lipinski definition) is 4. The Morgan fingerprint density at radius 2 is 2.00 bits per heavy atom. The van der Waals surface area contributed by atoms with Crippen LogP contribution >= 0.6 is 22.3 Å². The number of rotatable bonds is 2. The molecule has 1 heterocycles. The lowest BCUT2D eigenvalue weighted by Crippen LogP contribution is -1.99. The van der Waals surface area contributed by atoms with E-state index in [0.717, 1.165) is 0 Å². The van der Waals surface area contributed by atoms with Crippen molar-refractivity contribution in [1.29, 1.82) is 0 Å². The van der Waals surface area contributed by atoms with Crippen LogP contribution in [-0.4, -0.2) is 20.4 Å². The summed E-state index contributed by atoms with van der Waals surface area (Å²) in [7, 11) is 3.22. The molecule has 2 aromatic rings. The number of nitrogens with zero attached hydrogens (tertiary/aromatic N) is 1. The second kappa shape index (κ2) is 4.33. The van der Waals surface area contributed by atoms with Crippen molar-refractivity contribution in [2.45, 2.75) is 4.90 Å². The second-order valence-electron chi connectivity index (χ2n) is 3.35. The zero-order valence-electron chi connectivity index (χ0n) is 8.74. The molecular weight excluding hydrogens is 283 g/mol. The molecule has 0 fully saturated rings. The Labute approximate surface area is 108 Å². The van der Waals surface area contributed by atoms with E-state index in [4.69, 9.17) is 22.3 Å². The summed E-state index contributed by atoms with van der Waals surface area (Å²) in [5, 5.41) is 4.47. The first-order valence-electron chi connectivity index (χ1n) is 4.64. The van der Waals surface area contributed by atoms with Crippen molar-refractivity contribution in [2.24, 2.45) is 0 Å². The van der Waals surface area contributed by atoms with Crippen molar-refractivity contribution in [1.82, 2.24) is 4.98 Å². The molecule has 17 heavy (non-hydrogen) atoms. The summed E-state index contributed by atoms with van der Waals surface area (Å²) in [5.41, 5.74) is 0. The minimum Gasteiger partial charge on any atom is -0.373 e. The first-order valence-corrected chi connectivity index (χ1v) is 7.33. The third kappa shape index (κ3) is 2.31. The minimum absolute atomic E-state index is 0.0233. The molecule has 0 amide bonds. The number of nitrogens with one attached hydrogen (secondary N) is 1. The number of pyridine rings is 1. The van der Waals surface area contributed by atoms with Crippen LogP contribution in [0.3, 0.4) is 0 Å². The van der Waals surface area contributed by atoms with Crippen molar-refractivity contribution in [3.8, 4) is 0 Å². The second-order valence-corrected chi connectivity index (χ2v) is 6.32. The van der Waals surface area contributed by atoms with Crippen LogP contribution in [0.25, 0.3) is 10.8 Å². The van der Waals surface area contributed by atoms with E-state index < -0.39 is 9.05 Å². The molecule has 0 atom stereocenters. The van der Waals surface area contributed by atoms with Gasteiger partial charge >= 0.3 is 0 Å². The lowest BCUT2D eigenvalue weighted by atomic mass is 10.1. The molecule has 1 aromatic carbocycles. The van der Waals surface area contributed by atoms with Crippen molar-refractivity contribution in [3.05, 3.63) is 29.4 Å². The van der Waals surface area contributed by atoms with E-state index in [1.54, 1.807) is 25.2 Å². The fourth-order valence-corrected chi connectivity index (χ4v) is 2.74. The molecular formula is C10H8Cl2N2O2S. The lowest BCUT2D eigenvalue weighted by Gasteiger charge is -2.08. The molecule has 0 saturated carbocycles. The van der Waals surface area contributed by atoms with E-state index in [-0.39, 0.29) is 4.90 Å². The summed E-state index contributed by atoms with van der Waals surface area (Å²) >= 11 is 5.88. The van der Waals surface area contributed by atoms with Crippen LogP contribution in [0.15, 0.2) is 29.3 Å². The molecule has 4 nitrogen and oxygen atoms in total. The highest BCUT2D eigenvalue weighted by atomic mass is 35.7. The zero-order chi connectivity index (χ0) is 12.6. The van der Waals surface area contributed by atoms with Gasteiger partial charge in [0, 0.05) is 39.7 Å². The highest BCUT2D eigenvalue weighted by Gasteiger charge is 2.16. The summed E-state index contributed by atoms with van der Waals surface area (Å²) < 4.78 is 22.8. The van der Waals surface area contributed by atoms with Gasteiger partial charge in [0.05, 0.1) is 0 Å². The first-order chi connectivity index (χ1) is 7.93. The molecule has 0 aliphatic carbocycles. The molecule has 0 bridgehead atoms. The normalized spacial score (nSPS) is 11.7. The van der Waals surface area contributed by atoms with E-state index in [1.165, 1.54) is 6.20 Å². The zero-order valence-corrected chi connectivity index (χ0v) is 11.1. The Bertz CT molecular complexity index is 686. The topological polar surface area (TPSA) is 59.1 Å². The van der Waals surface area contributed by atoms with Crippen LogP contribution in [-0.2, 0) is 9.05 Å². The quantitative estimate of drug-likeness (QED) is 0.864. The maximum Gasteiger partial charge on any atom is 0.263 e. The largest absolute Gasteiger partial charge is 0.373 e. The van der Waals surface area contributed by atoms with Gasteiger partial charge in [0.15, 0.2) is 0 Å². The molecule has 0 saturated heterocycles.